The molecule has 17 heteroatoms. The number of carboxylic acid groups (broad SMARTS) is 1. The maximum absolute atomic E-state index is 13.2. The number of rotatable bonds is 5. The second-order valence-electron chi connectivity index (χ2n) is 7.97. The van der Waals surface area contributed by atoms with Crippen LogP contribution in [0.25, 0.3) is 33.1 Å². The molecule has 4 aromatic rings. The zero-order chi connectivity index (χ0) is 27.6. The van der Waals surface area contributed by atoms with Crippen molar-refractivity contribution in [2.45, 2.75) is 32.1 Å². The van der Waals surface area contributed by atoms with Gasteiger partial charge in [-0.3, -0.25) is 9.78 Å². The Labute approximate surface area is 221 Å². The number of carboxylic acids is 1. The monoisotopic (exact) mass is 572 g/mol. The predicted octanol–water partition coefficient (Wildman–Crippen LogP) is 3.19. The van der Waals surface area contributed by atoms with E-state index in [-0.39, 0.29) is 17.8 Å². The second kappa shape index (κ2) is 10.9. The highest BCUT2D eigenvalue weighted by atomic mass is 35.5. The van der Waals surface area contributed by atoms with Gasteiger partial charge in [-0.1, -0.05) is 11.6 Å². The molecule has 1 aliphatic rings. The summed E-state index contributed by atoms with van der Waals surface area (Å²) >= 11 is 7.55. The smallest absolute Gasteiger partial charge is 0.475 e. The molecular formula is C21H20ClF3N8O4S. The lowest BCUT2D eigenvalue weighted by molar-refractivity contribution is -0.192. The number of imidazole rings is 1. The highest BCUT2D eigenvalue weighted by Gasteiger charge is 2.38. The number of nitrogens with one attached hydrogen (secondary N) is 2. The number of alkyl halides is 3. The number of carbonyl (C=O) groups excluding carboxylic acids is 1. The van der Waals surface area contributed by atoms with Gasteiger partial charge in [0.1, 0.15) is 11.2 Å². The third-order valence-electron chi connectivity index (χ3n) is 5.50. The molecule has 1 atom stereocenters. The fourth-order valence-corrected chi connectivity index (χ4v) is 4.85. The van der Waals surface area contributed by atoms with Crippen LogP contribution in [0.2, 0.25) is 4.34 Å². The molecule has 5 N–H and O–H groups in total. The third-order valence-corrected chi connectivity index (χ3v) is 6.74. The molecule has 1 amide bonds. The normalized spacial score (nSPS) is 15.3. The Balaban J connectivity index is 0.000000426. The van der Waals surface area contributed by atoms with Gasteiger partial charge in [0.05, 0.1) is 20.3 Å². The zero-order valence-corrected chi connectivity index (χ0v) is 21.1. The molecule has 1 fully saturated rings. The SMILES string of the molecule is CCn1c(-c2nonc2N)nc2c(-c3ccc(Cl)s3)ncc(C(=O)NC3CCNC3)c21.O=C(O)C(F)(F)F. The molecule has 0 radical (unpaired) electrons. The van der Waals surface area contributed by atoms with E-state index in [4.69, 9.17) is 36.8 Å². The number of nitrogens with zero attached hydrogens (tertiary/aromatic N) is 5. The van der Waals surface area contributed by atoms with Crippen molar-refractivity contribution in [1.82, 2.24) is 35.5 Å². The van der Waals surface area contributed by atoms with Gasteiger partial charge in [0, 0.05) is 25.3 Å². The summed E-state index contributed by atoms with van der Waals surface area (Å²) in [6, 6.07) is 3.77. The number of pyridine rings is 1. The Bertz CT molecular complexity index is 1480. The minimum Gasteiger partial charge on any atom is -0.475 e. The van der Waals surface area contributed by atoms with Crippen LogP contribution in [0, 0.1) is 0 Å². The quantitative estimate of drug-likeness (QED) is 0.278. The molecule has 5 rings (SSSR count). The van der Waals surface area contributed by atoms with E-state index in [9.17, 15) is 18.0 Å². The Hall–Kier alpha value is -3.76. The van der Waals surface area contributed by atoms with Crippen LogP contribution in [0.4, 0.5) is 19.0 Å². The number of aryl methyl sites for hydroxylation is 1. The van der Waals surface area contributed by atoms with E-state index in [0.717, 1.165) is 24.4 Å². The van der Waals surface area contributed by atoms with Crippen LogP contribution >= 0.6 is 22.9 Å². The van der Waals surface area contributed by atoms with Crippen LogP contribution in [0.3, 0.4) is 0 Å². The average Bonchev–Trinajstić information content (AvgIpc) is 3.65. The maximum atomic E-state index is 13.2. The van der Waals surface area contributed by atoms with Crippen LogP contribution in [0.5, 0.6) is 0 Å². The summed E-state index contributed by atoms with van der Waals surface area (Å²) in [5, 5.41) is 21.0. The molecule has 0 bridgehead atoms. The van der Waals surface area contributed by atoms with E-state index in [1.54, 1.807) is 12.3 Å². The van der Waals surface area contributed by atoms with Gasteiger partial charge in [-0.2, -0.15) is 13.2 Å². The van der Waals surface area contributed by atoms with E-state index >= 15 is 0 Å². The number of nitrogens with two attached hydrogens (primary N) is 1. The van der Waals surface area contributed by atoms with Gasteiger partial charge in [0.2, 0.25) is 0 Å². The number of amides is 1. The number of hydrogen-bond donors (Lipinski definition) is 4. The number of nitrogen functional groups attached to an aromatic ring is 1. The Kier molecular flexibility index (Phi) is 7.84. The summed E-state index contributed by atoms with van der Waals surface area (Å²) in [7, 11) is 0. The second-order valence-corrected chi connectivity index (χ2v) is 9.68. The molecule has 1 aliphatic heterocycles. The minimum atomic E-state index is -5.08. The lowest BCUT2D eigenvalue weighted by Crippen LogP contribution is -2.36. The number of fused-ring (bicyclic) bond motifs is 1. The molecular weight excluding hydrogens is 553 g/mol. The molecule has 1 saturated heterocycles. The fraction of sp³-hybridized carbons (Fsp3) is 0.333. The highest BCUT2D eigenvalue weighted by Crippen LogP contribution is 2.37. The van der Waals surface area contributed by atoms with Crippen molar-refractivity contribution >= 4 is 51.7 Å². The number of aromatic nitrogens is 5. The molecule has 4 aromatic heterocycles. The Morgan fingerprint density at radius 1 is 1.34 bits per heavy atom. The highest BCUT2D eigenvalue weighted by molar-refractivity contribution is 7.19. The van der Waals surface area contributed by atoms with Gasteiger partial charge in [0.25, 0.3) is 5.91 Å². The van der Waals surface area contributed by atoms with Crippen LogP contribution in [0.1, 0.15) is 23.7 Å². The number of thiophene rings is 1. The molecule has 0 saturated carbocycles. The number of hydrogen-bond acceptors (Lipinski definition) is 10. The molecule has 202 valence electrons. The molecule has 0 spiro atoms. The first-order chi connectivity index (χ1) is 18.0. The first kappa shape index (κ1) is 27.3. The molecule has 12 nitrogen and oxygen atoms in total. The molecule has 0 aromatic carbocycles. The van der Waals surface area contributed by atoms with Crippen molar-refractivity contribution in [3.8, 4) is 22.1 Å². The van der Waals surface area contributed by atoms with Gasteiger partial charge in [-0.05, 0) is 42.3 Å². The van der Waals surface area contributed by atoms with Crippen molar-refractivity contribution < 1.29 is 32.5 Å². The molecule has 5 heterocycles. The maximum Gasteiger partial charge on any atom is 0.490 e. The minimum absolute atomic E-state index is 0.0752. The van der Waals surface area contributed by atoms with Crippen molar-refractivity contribution in [3.05, 3.63) is 28.2 Å². The van der Waals surface area contributed by atoms with E-state index in [1.807, 2.05) is 17.6 Å². The van der Waals surface area contributed by atoms with Crippen molar-refractivity contribution in [3.63, 3.8) is 0 Å². The summed E-state index contributed by atoms with van der Waals surface area (Å²) < 4.78 is 39.0. The van der Waals surface area contributed by atoms with Crippen LogP contribution in [-0.2, 0) is 11.3 Å². The summed E-state index contributed by atoms with van der Waals surface area (Å²) in [5.74, 6) is -2.37. The van der Waals surface area contributed by atoms with Gasteiger partial charge in [0.15, 0.2) is 17.3 Å². The van der Waals surface area contributed by atoms with Crippen LogP contribution in [-0.4, -0.2) is 67.1 Å². The van der Waals surface area contributed by atoms with Crippen LogP contribution in [0.15, 0.2) is 23.0 Å². The summed E-state index contributed by atoms with van der Waals surface area (Å²) in [6.07, 6.45) is -2.61. The number of anilines is 1. The Morgan fingerprint density at radius 2 is 2.08 bits per heavy atom. The average molecular weight is 573 g/mol. The number of halogens is 4. The molecule has 38 heavy (non-hydrogen) atoms. The number of aliphatic carboxylic acids is 1. The Morgan fingerprint density at radius 3 is 2.61 bits per heavy atom. The van der Waals surface area contributed by atoms with Crippen molar-refractivity contribution in [2.75, 3.05) is 18.8 Å². The van der Waals surface area contributed by atoms with Gasteiger partial charge in [-0.25, -0.2) is 14.4 Å². The topological polar surface area (TPSA) is 174 Å². The number of carbonyl (C=O) groups is 2. The van der Waals surface area contributed by atoms with E-state index in [2.05, 4.69) is 25.9 Å². The first-order valence-electron chi connectivity index (χ1n) is 11.1. The van der Waals surface area contributed by atoms with Gasteiger partial charge < -0.3 is 26.0 Å². The first-order valence-corrected chi connectivity index (χ1v) is 12.3. The molecule has 0 aliphatic carbocycles. The van der Waals surface area contributed by atoms with E-state index < -0.39 is 12.1 Å². The van der Waals surface area contributed by atoms with Crippen molar-refractivity contribution in [1.29, 1.82) is 0 Å². The predicted molar refractivity (Wildman–Crippen MR) is 132 cm³/mol. The fourth-order valence-electron chi connectivity index (χ4n) is 3.81. The lowest BCUT2D eigenvalue weighted by atomic mass is 10.1. The standard InChI is InChI=1S/C19H19ClN8O2S.C2HF3O2/c1-2-28-16-10(19(29)24-9-5-6-22-7-9)8-23-13(11-3-4-12(20)31-11)14(16)25-18(28)15-17(21)27-30-26-15;3-2(4,5)1(6)7/h3-4,8-9,22H,2,5-7H2,1H3,(H2,21,27)(H,24,29);(H,6,7). The van der Waals surface area contributed by atoms with Gasteiger partial charge >= 0.3 is 12.1 Å². The lowest BCUT2D eigenvalue weighted by Gasteiger charge is -2.13. The van der Waals surface area contributed by atoms with Crippen molar-refractivity contribution in [2.24, 2.45) is 0 Å². The van der Waals surface area contributed by atoms with Crippen LogP contribution < -0.4 is 16.4 Å². The third kappa shape index (κ3) is 5.56. The molecule has 1 unspecified atom stereocenters. The van der Waals surface area contributed by atoms with Gasteiger partial charge in [-0.15, -0.1) is 11.3 Å². The summed E-state index contributed by atoms with van der Waals surface area (Å²) in [5.41, 5.74) is 8.54. The summed E-state index contributed by atoms with van der Waals surface area (Å²) in [4.78, 5) is 32.3. The largest absolute Gasteiger partial charge is 0.490 e. The van der Waals surface area contributed by atoms with E-state index in [1.165, 1.54) is 11.3 Å². The van der Waals surface area contributed by atoms with E-state index in [0.29, 0.717) is 44.7 Å². The zero-order valence-electron chi connectivity index (χ0n) is 19.5. The summed E-state index contributed by atoms with van der Waals surface area (Å²) in [6.45, 7) is 4.11.